The van der Waals surface area contributed by atoms with Crippen molar-refractivity contribution in [2.24, 2.45) is 5.41 Å². The SMILES string of the molecule is CC1(C)CCCC[C@@H]1c1ccccc1N. The number of nitrogen functional groups attached to an aromatic ring is 1. The van der Waals surface area contributed by atoms with Gasteiger partial charge in [-0.05, 0) is 35.8 Å². The molecular formula is C14H21N. The lowest BCUT2D eigenvalue weighted by atomic mass is 9.66. The Morgan fingerprint density at radius 2 is 1.93 bits per heavy atom. The normalized spacial score (nSPS) is 25.1. The van der Waals surface area contributed by atoms with Crippen LogP contribution >= 0.6 is 0 Å². The predicted octanol–water partition coefficient (Wildman–Crippen LogP) is 3.95. The fourth-order valence-electron chi connectivity index (χ4n) is 2.90. The van der Waals surface area contributed by atoms with Crippen molar-refractivity contribution in [3.63, 3.8) is 0 Å². The van der Waals surface area contributed by atoms with Gasteiger partial charge in [0.15, 0.2) is 0 Å². The number of hydrogen-bond acceptors (Lipinski definition) is 1. The highest BCUT2D eigenvalue weighted by molar-refractivity contribution is 5.49. The molecule has 1 aliphatic rings. The Kier molecular flexibility index (Phi) is 2.72. The van der Waals surface area contributed by atoms with Gasteiger partial charge in [0.05, 0.1) is 0 Å². The molecule has 0 radical (unpaired) electrons. The molecule has 1 aromatic rings. The van der Waals surface area contributed by atoms with Crippen LogP contribution in [0.1, 0.15) is 51.0 Å². The average Bonchev–Trinajstić information content (AvgIpc) is 2.19. The molecule has 1 fully saturated rings. The van der Waals surface area contributed by atoms with E-state index in [0.29, 0.717) is 11.3 Å². The molecule has 0 unspecified atom stereocenters. The predicted molar refractivity (Wildman–Crippen MR) is 65.8 cm³/mol. The molecule has 2 rings (SSSR count). The second-order valence-corrected chi connectivity index (χ2v) is 5.42. The maximum absolute atomic E-state index is 6.07. The number of benzene rings is 1. The quantitative estimate of drug-likeness (QED) is 0.687. The van der Waals surface area contributed by atoms with Gasteiger partial charge in [0.25, 0.3) is 0 Å². The Morgan fingerprint density at radius 1 is 1.20 bits per heavy atom. The topological polar surface area (TPSA) is 26.0 Å². The summed E-state index contributed by atoms with van der Waals surface area (Å²) in [5, 5.41) is 0. The lowest BCUT2D eigenvalue weighted by Crippen LogP contribution is -2.26. The number of para-hydroxylation sites is 1. The van der Waals surface area contributed by atoms with E-state index in [1.807, 2.05) is 12.1 Å². The number of anilines is 1. The molecule has 0 aromatic heterocycles. The molecular weight excluding hydrogens is 182 g/mol. The van der Waals surface area contributed by atoms with Crippen molar-refractivity contribution in [1.29, 1.82) is 0 Å². The smallest absolute Gasteiger partial charge is 0.0349 e. The van der Waals surface area contributed by atoms with Gasteiger partial charge in [-0.15, -0.1) is 0 Å². The van der Waals surface area contributed by atoms with E-state index in [0.717, 1.165) is 5.69 Å². The molecule has 1 aromatic carbocycles. The first-order valence-corrected chi connectivity index (χ1v) is 5.96. The summed E-state index contributed by atoms with van der Waals surface area (Å²) >= 11 is 0. The van der Waals surface area contributed by atoms with E-state index in [2.05, 4.69) is 26.0 Å². The third-order valence-electron chi connectivity index (χ3n) is 3.88. The van der Waals surface area contributed by atoms with Crippen LogP contribution in [-0.4, -0.2) is 0 Å². The molecule has 0 bridgehead atoms. The van der Waals surface area contributed by atoms with Crippen molar-refractivity contribution in [3.05, 3.63) is 29.8 Å². The Labute approximate surface area is 92.7 Å². The first-order valence-electron chi connectivity index (χ1n) is 5.96. The fourth-order valence-corrected chi connectivity index (χ4v) is 2.90. The minimum Gasteiger partial charge on any atom is -0.398 e. The lowest BCUT2D eigenvalue weighted by Gasteiger charge is -2.39. The molecule has 1 atom stereocenters. The Morgan fingerprint density at radius 3 is 2.60 bits per heavy atom. The van der Waals surface area contributed by atoms with Crippen LogP contribution < -0.4 is 5.73 Å². The summed E-state index contributed by atoms with van der Waals surface area (Å²) in [6.45, 7) is 4.76. The highest BCUT2D eigenvalue weighted by Gasteiger charge is 2.33. The summed E-state index contributed by atoms with van der Waals surface area (Å²) in [4.78, 5) is 0. The summed E-state index contributed by atoms with van der Waals surface area (Å²) in [6, 6.07) is 8.36. The second-order valence-electron chi connectivity index (χ2n) is 5.42. The Hall–Kier alpha value is -0.980. The van der Waals surface area contributed by atoms with Crippen molar-refractivity contribution < 1.29 is 0 Å². The van der Waals surface area contributed by atoms with Gasteiger partial charge in [-0.1, -0.05) is 44.9 Å². The van der Waals surface area contributed by atoms with Gasteiger partial charge in [-0.25, -0.2) is 0 Å². The summed E-state index contributed by atoms with van der Waals surface area (Å²) < 4.78 is 0. The minimum absolute atomic E-state index is 0.410. The van der Waals surface area contributed by atoms with Crippen LogP contribution in [0.4, 0.5) is 5.69 Å². The Balaban J connectivity index is 2.33. The largest absolute Gasteiger partial charge is 0.398 e. The van der Waals surface area contributed by atoms with E-state index in [9.17, 15) is 0 Å². The zero-order valence-corrected chi connectivity index (χ0v) is 9.79. The van der Waals surface area contributed by atoms with Crippen LogP contribution in [0.5, 0.6) is 0 Å². The van der Waals surface area contributed by atoms with Gasteiger partial charge in [0.1, 0.15) is 0 Å². The zero-order valence-electron chi connectivity index (χ0n) is 9.79. The average molecular weight is 203 g/mol. The van der Waals surface area contributed by atoms with E-state index in [1.54, 1.807) is 0 Å². The van der Waals surface area contributed by atoms with Crippen LogP contribution in [0, 0.1) is 5.41 Å². The maximum atomic E-state index is 6.07. The van der Waals surface area contributed by atoms with Gasteiger partial charge in [-0.3, -0.25) is 0 Å². The van der Waals surface area contributed by atoms with E-state index in [4.69, 9.17) is 5.73 Å². The third kappa shape index (κ3) is 2.01. The van der Waals surface area contributed by atoms with Crippen LogP contribution in [0.2, 0.25) is 0 Å². The van der Waals surface area contributed by atoms with Gasteiger partial charge in [0.2, 0.25) is 0 Å². The lowest BCUT2D eigenvalue weighted by molar-refractivity contribution is 0.200. The summed E-state index contributed by atoms with van der Waals surface area (Å²) in [5.74, 6) is 0.646. The highest BCUT2D eigenvalue weighted by Crippen LogP contribution is 2.47. The third-order valence-corrected chi connectivity index (χ3v) is 3.88. The molecule has 0 spiro atoms. The van der Waals surface area contributed by atoms with Crippen molar-refractivity contribution >= 4 is 5.69 Å². The second kappa shape index (κ2) is 3.88. The molecule has 0 heterocycles. The van der Waals surface area contributed by atoms with E-state index < -0.39 is 0 Å². The fraction of sp³-hybridized carbons (Fsp3) is 0.571. The number of nitrogens with two attached hydrogens (primary N) is 1. The molecule has 82 valence electrons. The molecule has 1 saturated carbocycles. The standard InChI is InChI=1S/C14H21N/c1-14(2)10-6-5-8-12(14)11-7-3-4-9-13(11)15/h3-4,7,9,12H,5-6,8,10,15H2,1-2H3/t12-/m1/s1. The van der Waals surface area contributed by atoms with E-state index in [1.165, 1.54) is 31.2 Å². The van der Waals surface area contributed by atoms with Gasteiger partial charge in [-0.2, -0.15) is 0 Å². The molecule has 0 saturated heterocycles. The first-order chi connectivity index (χ1) is 7.11. The molecule has 2 N–H and O–H groups in total. The van der Waals surface area contributed by atoms with Crippen LogP contribution in [-0.2, 0) is 0 Å². The van der Waals surface area contributed by atoms with Crippen LogP contribution in [0.25, 0.3) is 0 Å². The number of rotatable bonds is 1. The van der Waals surface area contributed by atoms with Gasteiger partial charge in [0, 0.05) is 5.69 Å². The first kappa shape index (κ1) is 10.5. The molecule has 0 amide bonds. The summed E-state index contributed by atoms with van der Waals surface area (Å²) in [7, 11) is 0. The van der Waals surface area contributed by atoms with Crippen molar-refractivity contribution in [3.8, 4) is 0 Å². The van der Waals surface area contributed by atoms with E-state index >= 15 is 0 Å². The molecule has 1 aliphatic carbocycles. The van der Waals surface area contributed by atoms with Crippen molar-refractivity contribution in [1.82, 2.24) is 0 Å². The van der Waals surface area contributed by atoms with Gasteiger partial charge >= 0.3 is 0 Å². The van der Waals surface area contributed by atoms with E-state index in [-0.39, 0.29) is 0 Å². The summed E-state index contributed by atoms with van der Waals surface area (Å²) in [5.41, 5.74) is 8.82. The van der Waals surface area contributed by atoms with Crippen LogP contribution in [0.15, 0.2) is 24.3 Å². The maximum Gasteiger partial charge on any atom is 0.0349 e. The minimum atomic E-state index is 0.410. The van der Waals surface area contributed by atoms with Crippen molar-refractivity contribution in [2.75, 3.05) is 5.73 Å². The summed E-state index contributed by atoms with van der Waals surface area (Å²) in [6.07, 6.45) is 5.34. The molecule has 1 heteroatoms. The molecule has 1 nitrogen and oxygen atoms in total. The highest BCUT2D eigenvalue weighted by atomic mass is 14.6. The Bertz CT molecular complexity index is 341. The molecule has 0 aliphatic heterocycles. The van der Waals surface area contributed by atoms with Crippen molar-refractivity contribution in [2.45, 2.75) is 45.4 Å². The number of hydrogen-bond donors (Lipinski definition) is 1. The zero-order chi connectivity index (χ0) is 10.9. The monoisotopic (exact) mass is 203 g/mol. The van der Waals surface area contributed by atoms with Crippen LogP contribution in [0.3, 0.4) is 0 Å². The molecule has 15 heavy (non-hydrogen) atoms. The van der Waals surface area contributed by atoms with Gasteiger partial charge < -0.3 is 5.73 Å².